The number of likely N-dealkylation sites (N-methyl/N-ethyl adjacent to an activating group) is 1. The number of amidine groups is 1. The Bertz CT molecular complexity index is 5360. The average molecular weight is 2230 g/mol. The molecule has 0 bridgehead atoms. The smallest absolute Gasteiger partial charge is 0.322 e. The molecule has 0 saturated carbocycles. The summed E-state index contributed by atoms with van der Waals surface area (Å²) in [5.41, 5.74) is 7.63. The average Bonchev–Trinajstić information content (AvgIpc) is 1.54. The number of phenols is 1. The molecule has 7 aliphatic heterocycles. The Balaban J connectivity index is 0.000000182. The molecule has 7 aliphatic rings. The number of aromatic hydroxyl groups is 1. The fourth-order valence-electron chi connectivity index (χ4n) is 13.4. The Morgan fingerprint density at radius 3 is 1.28 bits per heavy atom. The number of rotatable bonds is 6. The van der Waals surface area contributed by atoms with Crippen molar-refractivity contribution in [2.45, 2.75) is 73.6 Å². The SMILES string of the molecule is CC(=O)c1cc(Br)ccc1O.CI.CSC1=NC2(CC(c3ccc(F)cc3)Oc3ccc(Br)cc32)C(=O)N1C.I.N.NC=O.O=C1CC(c2ccc(F)cc2)Oc2ccc(Br)cc21.O=C1NC(=O)C2(CC(c3ccc(F)cc3)Oc3ccc(Br)cc32)N1.O=C1NC(=S)NC12CC(c1ccc(F)cc1)Oc1ccc(Br)cc12.O=Cc1ccc(F)cc1. The summed E-state index contributed by atoms with van der Waals surface area (Å²) < 4.78 is 92.9. The van der Waals surface area contributed by atoms with Gasteiger partial charge < -0.3 is 51.9 Å². The second kappa shape index (κ2) is 43.1. The Kier molecular flexibility index (Phi) is 34.6. The zero-order chi connectivity index (χ0) is 85.5. The molecule has 3 spiro atoms. The summed E-state index contributed by atoms with van der Waals surface area (Å²) in [5, 5.41) is 21.0. The molecule has 0 aromatic heterocycles. The maximum absolute atomic E-state index is 13.3. The summed E-state index contributed by atoms with van der Waals surface area (Å²) >= 11 is 25.6. The molecule has 17 rings (SSSR count). The maximum atomic E-state index is 13.3. The van der Waals surface area contributed by atoms with Gasteiger partial charge in [-0.05, 0) is 216 Å². The number of nitrogens with one attached hydrogen (secondary N) is 4. The monoisotopic (exact) mass is 2220 g/mol. The highest BCUT2D eigenvalue weighted by Gasteiger charge is 2.56. The molecule has 35 heteroatoms. The molecular weight excluding hydrogens is 2150 g/mol. The van der Waals surface area contributed by atoms with Crippen molar-refractivity contribution < 1.29 is 84.4 Å². The Morgan fingerprint density at radius 2 is 0.900 bits per heavy atom. The minimum absolute atomic E-state index is 0. The Morgan fingerprint density at radius 1 is 0.542 bits per heavy atom. The van der Waals surface area contributed by atoms with E-state index in [9.17, 15) is 55.5 Å². The van der Waals surface area contributed by atoms with Crippen LogP contribution < -0.4 is 52.1 Å². The van der Waals surface area contributed by atoms with Crippen LogP contribution in [0.25, 0.3) is 0 Å². The van der Waals surface area contributed by atoms with Crippen molar-refractivity contribution in [3.05, 3.63) is 319 Å². The van der Waals surface area contributed by atoms with Gasteiger partial charge in [0, 0.05) is 70.9 Å². The Labute approximate surface area is 768 Å². The lowest BCUT2D eigenvalue weighted by Gasteiger charge is -2.38. The fraction of sp³-hybridized carbons (Fsp3) is 0.176. The number of thiocarbonyl (C=S) groups is 1. The van der Waals surface area contributed by atoms with Crippen LogP contribution in [0.1, 0.15) is 127 Å². The number of hydrogen-bond donors (Lipinski definition) is 7. The number of carbonyl (C=O) groups is 8. The molecule has 2 saturated heterocycles. The van der Waals surface area contributed by atoms with Gasteiger partial charge in [0.1, 0.15) is 88.5 Å². The van der Waals surface area contributed by atoms with Crippen molar-refractivity contribution >= 4 is 208 Å². The molecule has 7 heterocycles. The van der Waals surface area contributed by atoms with Gasteiger partial charge in [0.15, 0.2) is 38.5 Å². The van der Waals surface area contributed by atoms with Crippen LogP contribution in [0.15, 0.2) is 240 Å². The van der Waals surface area contributed by atoms with Crippen LogP contribution >= 0.6 is 150 Å². The highest BCUT2D eigenvalue weighted by Crippen LogP contribution is 2.53. The highest BCUT2D eigenvalue weighted by molar-refractivity contribution is 14.1. The first-order valence-corrected chi connectivity index (χ1v) is 43.0. The van der Waals surface area contributed by atoms with Gasteiger partial charge in [0.25, 0.3) is 17.7 Å². The number of carbonyl (C=O) groups excluding carboxylic acids is 8. The first-order valence-electron chi connectivity index (χ1n) is 35.2. The number of ketones is 2. The van der Waals surface area contributed by atoms with Crippen molar-refractivity contribution in [1.82, 2.24) is 32.3 Å². The van der Waals surface area contributed by atoms with Crippen LogP contribution in [0.4, 0.5) is 26.7 Å². The van der Waals surface area contributed by atoms with Crippen molar-refractivity contribution in [3.8, 4) is 28.7 Å². The molecule has 7 atom stereocenters. The number of ether oxygens (including phenoxy) is 4. The first kappa shape index (κ1) is 96.4. The number of nitrogens with two attached hydrogens (primary N) is 1. The van der Waals surface area contributed by atoms with E-state index >= 15 is 0 Å². The molecule has 2 fully saturated rings. The molecule has 21 nitrogen and oxygen atoms in total. The van der Waals surface area contributed by atoms with E-state index < -0.39 is 40.8 Å². The summed E-state index contributed by atoms with van der Waals surface area (Å²) in [4.78, 5) is 100. The molecular formula is C85H72Br5F5I2N8O13S2. The number of aldehydes is 1. The number of urea groups is 1. The molecule has 120 heavy (non-hydrogen) atoms. The number of thioether (sulfide) groups is 1. The van der Waals surface area contributed by atoms with Crippen LogP contribution in [0.2, 0.25) is 0 Å². The van der Waals surface area contributed by atoms with Crippen molar-refractivity contribution in [2.24, 2.45) is 10.7 Å². The van der Waals surface area contributed by atoms with Gasteiger partial charge in [0.2, 0.25) is 6.41 Å². The van der Waals surface area contributed by atoms with Crippen LogP contribution in [-0.2, 0) is 35.8 Å². The van der Waals surface area contributed by atoms with E-state index in [2.05, 4.69) is 129 Å². The van der Waals surface area contributed by atoms with Crippen molar-refractivity contribution in [1.29, 1.82) is 0 Å². The summed E-state index contributed by atoms with van der Waals surface area (Å²) in [7, 11) is 1.74. The first-order chi connectivity index (χ1) is 56.4. The van der Waals surface area contributed by atoms with Gasteiger partial charge in [-0.3, -0.25) is 43.8 Å². The largest absolute Gasteiger partial charge is 0.507 e. The topological polar surface area (TPSA) is 318 Å². The number of phenolic OH excluding ortho intramolecular Hbond substituents is 1. The second-order valence-electron chi connectivity index (χ2n) is 26.4. The number of primary amides is 1. The summed E-state index contributed by atoms with van der Waals surface area (Å²) in [6.07, 6.45) is 2.45. The van der Waals surface area contributed by atoms with Gasteiger partial charge >= 0.3 is 6.03 Å². The number of nitrogens with zero attached hydrogens (tertiary/aromatic N) is 2. The second-order valence-corrected chi connectivity index (χ2v) is 32.2. The number of benzene rings is 10. The van der Waals surface area contributed by atoms with E-state index in [0.29, 0.717) is 74.7 Å². The Hall–Kier alpha value is -9.06. The van der Waals surface area contributed by atoms with E-state index in [-0.39, 0.29) is 120 Å². The zero-order valence-corrected chi connectivity index (χ0v) is 77.5. The van der Waals surface area contributed by atoms with Gasteiger partial charge in [-0.1, -0.05) is 163 Å². The van der Waals surface area contributed by atoms with E-state index in [1.807, 2.05) is 53.7 Å². The number of imide groups is 1. The zero-order valence-electron chi connectivity index (χ0n) is 63.4. The maximum Gasteiger partial charge on any atom is 0.322 e. The summed E-state index contributed by atoms with van der Waals surface area (Å²) in [6.45, 7) is 1.42. The van der Waals surface area contributed by atoms with Gasteiger partial charge in [-0.2, -0.15) is 0 Å². The lowest BCUT2D eigenvalue weighted by Crippen LogP contribution is -2.48. The number of halogens is 12. The fourth-order valence-corrected chi connectivity index (χ4v) is 16.1. The van der Waals surface area contributed by atoms with E-state index in [4.69, 9.17) is 46.1 Å². The molecule has 10 aromatic carbocycles. The minimum atomic E-state index is -1.20. The molecule has 7 unspecified atom stereocenters. The number of hydrogen-bond acceptors (Lipinski definition) is 17. The molecule has 626 valence electrons. The normalized spacial score (nSPS) is 19.8. The third-order valence-corrected chi connectivity index (χ3v) is 22.4. The number of fused-ring (bicyclic) bond motifs is 7. The van der Waals surface area contributed by atoms with E-state index in [1.54, 1.807) is 103 Å². The standard InChI is InChI=1S/C19H16BrFN2O2S.C17H12BrFN2O3.C17H12BrFN2O2S.C15H10BrFO2.C8H7BrO2.C7H5FO.CH3I.CH3NO.HI.H3N/c1-23-17(24)19(22-18(23)26-2)10-16(11-3-6-13(21)7-4-11)25-15-8-5-12(20)9-14(15)19;18-10-3-6-13-12(7-10)17(15(22)20-16(23)21-17)8-14(24-13)9-1-4-11(19)5-2-9;18-10-3-6-13-12(7-10)17(15(22)20-16(24)21-17)8-14(23-13)9-1-4-11(19)5-2-9;16-10-3-6-14-12(7-10)13(18)8-15(19-14)9-1-4-11(17)5-2-9;1-5(10)7-4-6(9)2-3-8(7)11;8-7-3-1-6(5-9)2-4-7;1-2;2-1-3;;/h3-9,16H,10H2,1-2H3;1-7,14H,8H2,(H2,20,21,22,23);1-7,14H,8H2,(H2,20,21,22,24);1-7,15H,8H2;2-4,11H,1H3;1-5H;1H3;1H,(H2,2,3);1H;1H3. The number of alkyl halides is 1. The van der Waals surface area contributed by atoms with Crippen molar-refractivity contribution in [2.75, 3.05) is 18.2 Å². The van der Waals surface area contributed by atoms with Gasteiger partial charge in [-0.15, -0.1) is 24.0 Å². The van der Waals surface area contributed by atoms with Crippen LogP contribution in [0.3, 0.4) is 0 Å². The number of aliphatic imine (C=N–C) groups is 1. The third-order valence-electron chi connectivity index (χ3n) is 19.0. The van der Waals surface area contributed by atoms with Crippen LogP contribution in [-0.4, -0.2) is 86.5 Å². The molecule has 10 N–H and O–H groups in total. The van der Waals surface area contributed by atoms with E-state index in [1.165, 1.54) is 97.5 Å². The minimum Gasteiger partial charge on any atom is -0.507 e. The summed E-state index contributed by atoms with van der Waals surface area (Å²) in [6, 6.07) is 55.7. The van der Waals surface area contributed by atoms with Gasteiger partial charge in [0.05, 0.1) is 17.5 Å². The molecule has 0 aliphatic carbocycles. The van der Waals surface area contributed by atoms with E-state index in [0.717, 1.165) is 55.7 Å². The predicted octanol–water partition coefficient (Wildman–Crippen LogP) is 20.2. The molecule has 10 aromatic rings. The molecule has 0 radical (unpaired) electrons. The lowest BCUT2D eigenvalue weighted by molar-refractivity contribution is -0.132. The quantitative estimate of drug-likeness (QED) is 0.0155. The highest BCUT2D eigenvalue weighted by atomic mass is 127. The number of Topliss-reactive ketones (excluding diaryl/α,β-unsaturated/α-hetero) is 2. The third kappa shape index (κ3) is 22.8. The predicted molar refractivity (Wildman–Crippen MR) is 486 cm³/mol. The number of amides is 6. The molecule has 6 amide bonds. The summed E-state index contributed by atoms with van der Waals surface area (Å²) in [5.74, 6) is -0.0222. The van der Waals surface area contributed by atoms with Gasteiger partial charge in [-0.25, -0.2) is 31.7 Å². The lowest BCUT2D eigenvalue weighted by atomic mass is 9.80. The van der Waals surface area contributed by atoms with Crippen LogP contribution in [0.5, 0.6) is 28.7 Å². The van der Waals surface area contributed by atoms with Crippen LogP contribution in [0, 0.1) is 29.1 Å². The van der Waals surface area contributed by atoms with Crippen molar-refractivity contribution in [3.63, 3.8) is 0 Å².